The summed E-state index contributed by atoms with van der Waals surface area (Å²) in [4.78, 5) is 0. The van der Waals surface area contributed by atoms with Crippen LogP contribution in [0.3, 0.4) is 0 Å². The zero-order chi connectivity index (χ0) is 5.98. The van der Waals surface area contributed by atoms with Crippen molar-refractivity contribution in [1.82, 2.24) is 0 Å². The van der Waals surface area contributed by atoms with Crippen molar-refractivity contribution in [3.63, 3.8) is 0 Å². The Morgan fingerprint density at radius 1 is 1.62 bits per heavy atom. The minimum absolute atomic E-state index is 0.597. The molecule has 1 atom stereocenters. The molecule has 0 saturated heterocycles. The Morgan fingerprint density at radius 3 is 2.75 bits per heavy atom. The molecule has 0 spiro atoms. The second kappa shape index (κ2) is 2.17. The predicted octanol–water partition coefficient (Wildman–Crippen LogP) is 2.15. The Kier molecular flexibility index (Phi) is 1.52. The Hall–Kier alpha value is -0.520. The second-order valence-electron chi connectivity index (χ2n) is 2.20. The first-order valence-corrected chi connectivity index (χ1v) is 2.90. The van der Waals surface area contributed by atoms with Gasteiger partial charge in [0.1, 0.15) is 0 Å². The van der Waals surface area contributed by atoms with E-state index in [1.165, 1.54) is 5.92 Å². The van der Waals surface area contributed by atoms with Crippen LogP contribution in [0.4, 0.5) is 0 Å². The molecule has 0 aliphatic heterocycles. The first-order chi connectivity index (χ1) is 3.80. The Labute approximate surface area is 50.9 Å². The van der Waals surface area contributed by atoms with Gasteiger partial charge in [-0.25, -0.2) is 0 Å². The summed E-state index contributed by atoms with van der Waals surface area (Å²) in [6.07, 6.45) is 9.17. The largest absolute Gasteiger partial charge is 0.0765 e. The van der Waals surface area contributed by atoms with Gasteiger partial charge in [-0.05, 0) is 12.0 Å². The van der Waals surface area contributed by atoms with Gasteiger partial charge in [0.2, 0.25) is 0 Å². The molecule has 1 aliphatic carbocycles. The quantitative estimate of drug-likeness (QED) is 0.444. The predicted molar refractivity (Wildman–Crippen MR) is 35.0 cm³/mol. The lowest BCUT2D eigenvalue weighted by Crippen LogP contribution is -2.01. The number of hydrogen-bond donors (Lipinski definition) is 0. The minimum Gasteiger partial charge on any atom is -0.0765 e. The van der Waals surface area contributed by atoms with E-state index in [9.17, 15) is 0 Å². The molecule has 0 nitrogen and oxygen atoms in total. The van der Waals surface area contributed by atoms with Crippen LogP contribution in [0.25, 0.3) is 0 Å². The number of rotatable bonds is 0. The average Bonchev–Trinajstić information content (AvgIpc) is 1.77. The fraction of sp³-hybridized carbons (Fsp3) is 0.375. The summed E-state index contributed by atoms with van der Waals surface area (Å²) in [5.74, 6) is 2.02. The minimum atomic E-state index is 0.597. The second-order valence-corrected chi connectivity index (χ2v) is 2.20. The summed E-state index contributed by atoms with van der Waals surface area (Å²) in [6.45, 7) is 4.31. The third kappa shape index (κ3) is 1.00. The van der Waals surface area contributed by atoms with E-state index < -0.39 is 0 Å². The van der Waals surface area contributed by atoms with Crippen molar-refractivity contribution in [2.45, 2.75) is 13.8 Å². The van der Waals surface area contributed by atoms with Crippen molar-refractivity contribution in [2.75, 3.05) is 0 Å². The van der Waals surface area contributed by atoms with Gasteiger partial charge >= 0.3 is 0 Å². The highest BCUT2D eigenvalue weighted by atomic mass is 14.1. The van der Waals surface area contributed by atoms with Crippen LogP contribution in [-0.2, 0) is 0 Å². The van der Waals surface area contributed by atoms with Gasteiger partial charge in [-0.2, -0.15) is 0 Å². The Morgan fingerprint density at radius 2 is 2.38 bits per heavy atom. The van der Waals surface area contributed by atoms with Gasteiger partial charge in [-0.3, -0.25) is 0 Å². The van der Waals surface area contributed by atoms with E-state index in [4.69, 9.17) is 0 Å². The molecule has 0 bridgehead atoms. The molecule has 0 amide bonds. The van der Waals surface area contributed by atoms with E-state index in [1.807, 2.05) is 6.08 Å². The van der Waals surface area contributed by atoms with Gasteiger partial charge < -0.3 is 0 Å². The van der Waals surface area contributed by atoms with Crippen LogP contribution in [0.2, 0.25) is 0 Å². The van der Waals surface area contributed by atoms with Gasteiger partial charge in [-0.1, -0.05) is 32.1 Å². The molecule has 0 saturated carbocycles. The lowest BCUT2D eigenvalue weighted by atomic mass is 9.92. The molecular weight excluding hydrogens is 96.1 g/mol. The molecule has 0 aromatic carbocycles. The van der Waals surface area contributed by atoms with E-state index in [1.54, 1.807) is 0 Å². The maximum Gasteiger partial charge on any atom is 0.00111 e. The SMILES string of the molecule is C[C]1C=C[C]=CC1C. The van der Waals surface area contributed by atoms with Crippen LogP contribution in [-0.4, -0.2) is 0 Å². The molecule has 1 aliphatic rings. The van der Waals surface area contributed by atoms with Crippen molar-refractivity contribution >= 4 is 0 Å². The molecule has 2 radical (unpaired) electrons. The van der Waals surface area contributed by atoms with Crippen LogP contribution in [0.1, 0.15) is 13.8 Å². The van der Waals surface area contributed by atoms with Crippen molar-refractivity contribution in [2.24, 2.45) is 5.92 Å². The van der Waals surface area contributed by atoms with E-state index >= 15 is 0 Å². The van der Waals surface area contributed by atoms with E-state index in [0.717, 1.165) is 0 Å². The lowest BCUT2D eigenvalue weighted by molar-refractivity contribution is 0.772. The maximum absolute atomic E-state index is 3.04. The van der Waals surface area contributed by atoms with Gasteiger partial charge in [0.15, 0.2) is 0 Å². The first-order valence-electron chi connectivity index (χ1n) is 2.90. The molecule has 0 fully saturated rings. The molecule has 0 N–H and O–H groups in total. The summed E-state index contributed by atoms with van der Waals surface area (Å²) in [5, 5.41) is 0. The molecule has 0 heterocycles. The van der Waals surface area contributed by atoms with Gasteiger partial charge in [0.05, 0.1) is 0 Å². The van der Waals surface area contributed by atoms with Crippen molar-refractivity contribution < 1.29 is 0 Å². The van der Waals surface area contributed by atoms with Crippen molar-refractivity contribution in [1.29, 1.82) is 0 Å². The average molecular weight is 106 g/mol. The van der Waals surface area contributed by atoms with Crippen molar-refractivity contribution in [3.8, 4) is 0 Å². The zero-order valence-electron chi connectivity index (χ0n) is 5.31. The summed E-state index contributed by atoms with van der Waals surface area (Å²) in [7, 11) is 0. The van der Waals surface area contributed by atoms with E-state index in [0.29, 0.717) is 5.92 Å². The molecule has 0 aromatic rings. The molecule has 1 unspecified atom stereocenters. The molecule has 8 heavy (non-hydrogen) atoms. The van der Waals surface area contributed by atoms with Crippen LogP contribution < -0.4 is 0 Å². The highest BCUT2D eigenvalue weighted by Crippen LogP contribution is 2.18. The highest BCUT2D eigenvalue weighted by molar-refractivity contribution is 5.21. The molecule has 0 aromatic heterocycles. The number of hydrogen-bond acceptors (Lipinski definition) is 0. The summed E-state index contributed by atoms with van der Waals surface area (Å²) < 4.78 is 0. The third-order valence-electron chi connectivity index (χ3n) is 1.51. The zero-order valence-corrected chi connectivity index (χ0v) is 5.31. The third-order valence-corrected chi connectivity index (χ3v) is 1.51. The molecular formula is C8H10. The molecule has 0 heteroatoms. The first kappa shape index (κ1) is 5.61. The standard InChI is InChI=1S/C8H10/c1-7-5-3-4-6-8(7)2/h3,5-6,8H,1-2H3. The summed E-state index contributed by atoms with van der Waals surface area (Å²) in [6, 6.07) is 0. The van der Waals surface area contributed by atoms with Crippen LogP contribution in [0.5, 0.6) is 0 Å². The topological polar surface area (TPSA) is 0 Å². The highest BCUT2D eigenvalue weighted by Gasteiger charge is 2.06. The summed E-state index contributed by atoms with van der Waals surface area (Å²) >= 11 is 0. The number of allylic oxidation sites excluding steroid dienone is 4. The smallest absolute Gasteiger partial charge is 0.00111 e. The monoisotopic (exact) mass is 106 g/mol. The fourth-order valence-electron chi connectivity index (χ4n) is 0.663. The van der Waals surface area contributed by atoms with Gasteiger partial charge in [-0.15, -0.1) is 0 Å². The van der Waals surface area contributed by atoms with Crippen LogP contribution in [0.15, 0.2) is 18.2 Å². The lowest BCUT2D eigenvalue weighted by Gasteiger charge is -2.12. The molecule has 42 valence electrons. The van der Waals surface area contributed by atoms with E-state index in [2.05, 4.69) is 32.1 Å². The van der Waals surface area contributed by atoms with Crippen molar-refractivity contribution in [3.05, 3.63) is 30.2 Å². The summed E-state index contributed by atoms with van der Waals surface area (Å²) in [5.41, 5.74) is 0. The molecule has 1 rings (SSSR count). The maximum atomic E-state index is 3.04. The normalized spacial score (nSPS) is 29.0. The van der Waals surface area contributed by atoms with Crippen LogP contribution >= 0.6 is 0 Å². The fourth-order valence-corrected chi connectivity index (χ4v) is 0.663. The Balaban J connectivity index is 2.59. The van der Waals surface area contributed by atoms with Crippen LogP contribution in [0, 0.1) is 17.9 Å². The Bertz CT molecular complexity index is 104. The van der Waals surface area contributed by atoms with E-state index in [-0.39, 0.29) is 0 Å². The van der Waals surface area contributed by atoms with Gasteiger partial charge in [0, 0.05) is 5.92 Å². The van der Waals surface area contributed by atoms with Gasteiger partial charge in [0.25, 0.3) is 0 Å².